The molecule has 1 saturated heterocycles. The largest absolute Gasteiger partial charge is 0.389 e. The van der Waals surface area contributed by atoms with E-state index in [0.29, 0.717) is 6.10 Å². The first kappa shape index (κ1) is 14.3. The van der Waals surface area contributed by atoms with Gasteiger partial charge in [0.05, 0.1) is 11.7 Å². The third kappa shape index (κ3) is 4.87. The smallest absolute Gasteiger partial charge is 0.0718 e. The van der Waals surface area contributed by atoms with E-state index in [2.05, 4.69) is 4.90 Å². The molecule has 0 spiro atoms. The molecule has 1 aliphatic heterocycles. The first-order valence-corrected chi connectivity index (χ1v) is 7.59. The quantitative estimate of drug-likeness (QED) is 0.819. The summed E-state index contributed by atoms with van der Waals surface area (Å²) < 4.78 is 6.06. The van der Waals surface area contributed by atoms with Crippen molar-refractivity contribution in [3.8, 4) is 0 Å². The van der Waals surface area contributed by atoms with Gasteiger partial charge in [0.15, 0.2) is 0 Å². The Bertz CT molecular complexity index is 235. The van der Waals surface area contributed by atoms with Crippen LogP contribution in [0, 0.1) is 5.92 Å². The summed E-state index contributed by atoms with van der Waals surface area (Å²) in [7, 11) is 0. The fourth-order valence-corrected chi connectivity index (χ4v) is 3.23. The van der Waals surface area contributed by atoms with Gasteiger partial charge in [0.1, 0.15) is 0 Å². The van der Waals surface area contributed by atoms with E-state index in [9.17, 15) is 5.11 Å². The molecule has 106 valence electrons. The van der Waals surface area contributed by atoms with Crippen LogP contribution in [-0.2, 0) is 4.74 Å². The summed E-state index contributed by atoms with van der Waals surface area (Å²) in [5.74, 6) is 0.833. The number of β-amino-alcohol motifs (C(OH)–C–C–N with tert-alkyl or cyclic N) is 1. The number of piperidine rings is 1. The van der Waals surface area contributed by atoms with Crippen LogP contribution >= 0.6 is 0 Å². The molecular weight excluding hydrogens is 226 g/mol. The van der Waals surface area contributed by atoms with Gasteiger partial charge < -0.3 is 14.7 Å². The predicted molar refractivity (Wildman–Crippen MR) is 73.7 cm³/mol. The number of hydrogen-bond donors (Lipinski definition) is 1. The summed E-state index contributed by atoms with van der Waals surface area (Å²) in [6.07, 6.45) is 8.26. The summed E-state index contributed by atoms with van der Waals surface area (Å²) in [4.78, 5) is 2.36. The van der Waals surface area contributed by atoms with Crippen LogP contribution < -0.4 is 0 Å². The second-order valence-corrected chi connectivity index (χ2v) is 6.77. The van der Waals surface area contributed by atoms with Crippen molar-refractivity contribution in [1.29, 1.82) is 0 Å². The number of rotatable bonds is 5. The standard InChI is InChI=1S/C15H29NO2/c1-15(2,17)12-16-9-7-14(8-10-16)18-11-13-5-3-4-6-13/h13-14,17H,3-12H2,1-2H3. The highest BCUT2D eigenvalue weighted by atomic mass is 16.5. The minimum absolute atomic E-state index is 0.462. The lowest BCUT2D eigenvalue weighted by atomic mass is 10.0. The van der Waals surface area contributed by atoms with Gasteiger partial charge in [-0.2, -0.15) is 0 Å². The maximum absolute atomic E-state index is 9.81. The zero-order chi connectivity index (χ0) is 13.0. The molecule has 0 aromatic carbocycles. The molecule has 0 radical (unpaired) electrons. The van der Waals surface area contributed by atoms with E-state index in [4.69, 9.17) is 4.74 Å². The molecule has 3 heteroatoms. The number of likely N-dealkylation sites (tertiary alicyclic amines) is 1. The Morgan fingerprint density at radius 2 is 1.72 bits per heavy atom. The van der Waals surface area contributed by atoms with Gasteiger partial charge in [-0.05, 0) is 45.4 Å². The fourth-order valence-electron chi connectivity index (χ4n) is 3.23. The Balaban J connectivity index is 1.61. The van der Waals surface area contributed by atoms with Gasteiger partial charge in [-0.15, -0.1) is 0 Å². The molecule has 0 aromatic rings. The Kier molecular flexibility index (Phi) is 5.05. The highest BCUT2D eigenvalue weighted by molar-refractivity contribution is 4.78. The van der Waals surface area contributed by atoms with Crippen LogP contribution in [0.15, 0.2) is 0 Å². The SMILES string of the molecule is CC(C)(O)CN1CCC(OCC2CCCC2)CC1. The van der Waals surface area contributed by atoms with Crippen LogP contribution in [0.4, 0.5) is 0 Å². The third-order valence-corrected chi connectivity index (χ3v) is 4.19. The molecule has 0 amide bonds. The first-order valence-electron chi connectivity index (χ1n) is 7.59. The normalized spacial score (nSPS) is 24.8. The van der Waals surface area contributed by atoms with Crippen molar-refractivity contribution in [3.05, 3.63) is 0 Å². The van der Waals surface area contributed by atoms with Crippen molar-refractivity contribution in [2.75, 3.05) is 26.2 Å². The van der Waals surface area contributed by atoms with Crippen molar-refractivity contribution < 1.29 is 9.84 Å². The number of ether oxygens (including phenoxy) is 1. The lowest BCUT2D eigenvalue weighted by molar-refractivity contribution is -0.0274. The Labute approximate surface area is 112 Å². The summed E-state index contributed by atoms with van der Waals surface area (Å²) in [5, 5.41) is 9.81. The lowest BCUT2D eigenvalue weighted by Crippen LogP contribution is -2.44. The summed E-state index contributed by atoms with van der Waals surface area (Å²) in [6.45, 7) is 7.67. The molecular formula is C15H29NO2. The molecule has 1 saturated carbocycles. The molecule has 0 aromatic heterocycles. The summed E-state index contributed by atoms with van der Waals surface area (Å²) in [6, 6.07) is 0. The van der Waals surface area contributed by atoms with Gasteiger partial charge in [0.2, 0.25) is 0 Å². The molecule has 0 bridgehead atoms. The van der Waals surface area contributed by atoms with Gasteiger partial charge in [-0.1, -0.05) is 12.8 Å². The zero-order valence-corrected chi connectivity index (χ0v) is 12.0. The number of nitrogens with zero attached hydrogens (tertiary/aromatic N) is 1. The maximum Gasteiger partial charge on any atom is 0.0718 e. The van der Waals surface area contributed by atoms with Gasteiger partial charge in [-0.25, -0.2) is 0 Å². The van der Waals surface area contributed by atoms with Gasteiger partial charge in [-0.3, -0.25) is 0 Å². The predicted octanol–water partition coefficient (Wildman–Crippen LogP) is 2.43. The zero-order valence-electron chi connectivity index (χ0n) is 12.0. The van der Waals surface area contributed by atoms with E-state index >= 15 is 0 Å². The van der Waals surface area contributed by atoms with E-state index in [1.807, 2.05) is 13.8 Å². The Hall–Kier alpha value is -0.120. The average Bonchev–Trinajstić information content (AvgIpc) is 2.79. The molecule has 18 heavy (non-hydrogen) atoms. The van der Waals surface area contributed by atoms with Crippen molar-refractivity contribution in [1.82, 2.24) is 4.90 Å². The second kappa shape index (κ2) is 6.36. The average molecular weight is 255 g/mol. The lowest BCUT2D eigenvalue weighted by Gasteiger charge is -2.35. The molecule has 1 N–H and O–H groups in total. The van der Waals surface area contributed by atoms with Gasteiger partial charge in [0, 0.05) is 26.2 Å². The molecule has 0 unspecified atom stereocenters. The van der Waals surface area contributed by atoms with Crippen molar-refractivity contribution >= 4 is 0 Å². The first-order chi connectivity index (χ1) is 8.53. The van der Waals surface area contributed by atoms with Crippen LogP contribution in [0.25, 0.3) is 0 Å². The summed E-state index contributed by atoms with van der Waals surface area (Å²) >= 11 is 0. The molecule has 2 rings (SSSR count). The molecule has 2 aliphatic rings. The fraction of sp³-hybridized carbons (Fsp3) is 1.00. The second-order valence-electron chi connectivity index (χ2n) is 6.77. The number of aliphatic hydroxyl groups is 1. The van der Waals surface area contributed by atoms with Crippen LogP contribution in [0.5, 0.6) is 0 Å². The van der Waals surface area contributed by atoms with E-state index in [-0.39, 0.29) is 0 Å². The molecule has 1 heterocycles. The minimum atomic E-state index is -0.572. The Morgan fingerprint density at radius 1 is 1.11 bits per heavy atom. The van der Waals surface area contributed by atoms with E-state index < -0.39 is 5.60 Å². The molecule has 2 fully saturated rings. The van der Waals surface area contributed by atoms with Gasteiger partial charge >= 0.3 is 0 Å². The third-order valence-electron chi connectivity index (χ3n) is 4.19. The van der Waals surface area contributed by atoms with Crippen LogP contribution in [0.3, 0.4) is 0 Å². The van der Waals surface area contributed by atoms with Gasteiger partial charge in [0.25, 0.3) is 0 Å². The van der Waals surface area contributed by atoms with Crippen molar-refractivity contribution in [2.24, 2.45) is 5.92 Å². The topological polar surface area (TPSA) is 32.7 Å². The van der Waals surface area contributed by atoms with Crippen LogP contribution in [0.2, 0.25) is 0 Å². The Morgan fingerprint density at radius 3 is 2.28 bits per heavy atom. The van der Waals surface area contributed by atoms with E-state index in [1.165, 1.54) is 25.7 Å². The molecule has 0 atom stereocenters. The van der Waals surface area contributed by atoms with E-state index in [1.54, 1.807) is 0 Å². The monoisotopic (exact) mass is 255 g/mol. The van der Waals surface area contributed by atoms with Crippen molar-refractivity contribution in [3.63, 3.8) is 0 Å². The minimum Gasteiger partial charge on any atom is -0.389 e. The maximum atomic E-state index is 9.81. The highest BCUT2D eigenvalue weighted by Gasteiger charge is 2.25. The summed E-state index contributed by atoms with van der Waals surface area (Å²) in [5.41, 5.74) is -0.572. The number of hydrogen-bond acceptors (Lipinski definition) is 3. The van der Waals surface area contributed by atoms with Crippen LogP contribution in [-0.4, -0.2) is 48.0 Å². The molecule has 1 aliphatic carbocycles. The van der Waals surface area contributed by atoms with E-state index in [0.717, 1.165) is 45.0 Å². The molecule has 3 nitrogen and oxygen atoms in total. The highest BCUT2D eigenvalue weighted by Crippen LogP contribution is 2.26. The van der Waals surface area contributed by atoms with Crippen molar-refractivity contribution in [2.45, 2.75) is 64.1 Å². The van der Waals surface area contributed by atoms with Crippen LogP contribution in [0.1, 0.15) is 52.4 Å².